The third kappa shape index (κ3) is 4.10. The van der Waals surface area contributed by atoms with E-state index in [1.54, 1.807) is 30.3 Å². The van der Waals surface area contributed by atoms with Crippen molar-refractivity contribution in [3.63, 3.8) is 0 Å². The lowest BCUT2D eigenvalue weighted by Crippen LogP contribution is -1.94. The molecule has 0 aliphatic heterocycles. The Morgan fingerprint density at radius 2 is 2.20 bits per heavy atom. The standard InChI is InChI=1S/C16H10ClFN6O/c17-14-7-12(20-9-10(8-19)16-21-23-24-22-16)4-5-15(14)25-13-3-1-2-11(18)6-13/h1-7,9,20H,(H,21,22,23,24). The highest BCUT2D eigenvalue weighted by Gasteiger charge is 2.07. The topological polar surface area (TPSA) is 99.5 Å². The lowest BCUT2D eigenvalue weighted by Gasteiger charge is -2.09. The number of hydrogen-bond acceptors (Lipinski definition) is 6. The van der Waals surface area contributed by atoms with E-state index in [-0.39, 0.29) is 11.4 Å². The zero-order valence-corrected chi connectivity index (χ0v) is 13.3. The quantitative estimate of drug-likeness (QED) is 0.675. The maximum absolute atomic E-state index is 13.2. The normalized spacial score (nSPS) is 11.0. The smallest absolute Gasteiger partial charge is 0.216 e. The summed E-state index contributed by atoms with van der Waals surface area (Å²) in [6, 6.07) is 12.6. The van der Waals surface area contributed by atoms with Crippen LogP contribution in [0.4, 0.5) is 10.1 Å². The molecule has 2 aromatic carbocycles. The number of tetrazole rings is 1. The Hall–Kier alpha value is -3.44. The summed E-state index contributed by atoms with van der Waals surface area (Å²) in [5, 5.41) is 25.5. The zero-order valence-electron chi connectivity index (χ0n) is 12.6. The predicted octanol–water partition coefficient (Wildman–Crippen LogP) is 3.76. The van der Waals surface area contributed by atoms with Crippen LogP contribution in [0, 0.1) is 17.1 Å². The molecular weight excluding hydrogens is 347 g/mol. The van der Waals surface area contributed by atoms with Crippen molar-refractivity contribution in [3.8, 4) is 17.6 Å². The number of rotatable bonds is 5. The monoisotopic (exact) mass is 356 g/mol. The van der Waals surface area contributed by atoms with E-state index in [1.165, 1.54) is 18.3 Å². The zero-order chi connectivity index (χ0) is 17.6. The van der Waals surface area contributed by atoms with Crippen molar-refractivity contribution in [2.24, 2.45) is 0 Å². The van der Waals surface area contributed by atoms with Gasteiger partial charge < -0.3 is 10.1 Å². The number of allylic oxidation sites excluding steroid dienone is 1. The Kier molecular flexibility index (Phi) is 4.87. The molecule has 124 valence electrons. The predicted molar refractivity (Wildman–Crippen MR) is 89.3 cm³/mol. The van der Waals surface area contributed by atoms with Gasteiger partial charge in [-0.3, -0.25) is 0 Å². The SMILES string of the molecule is N#CC(=CNc1ccc(Oc2cccc(F)c2)c(Cl)c1)c1nn[nH]n1. The lowest BCUT2D eigenvalue weighted by molar-refractivity contribution is 0.477. The van der Waals surface area contributed by atoms with Gasteiger partial charge in [0.05, 0.1) is 5.02 Å². The van der Waals surface area contributed by atoms with E-state index >= 15 is 0 Å². The Bertz CT molecular complexity index is 952. The third-order valence-corrected chi connectivity index (χ3v) is 3.34. The summed E-state index contributed by atoms with van der Waals surface area (Å²) in [7, 11) is 0. The fraction of sp³-hybridized carbons (Fsp3) is 0. The molecule has 0 amide bonds. The molecule has 1 heterocycles. The maximum atomic E-state index is 13.2. The summed E-state index contributed by atoms with van der Waals surface area (Å²) < 4.78 is 18.7. The third-order valence-electron chi connectivity index (χ3n) is 3.05. The number of nitrogens with zero attached hydrogens (tertiary/aromatic N) is 4. The summed E-state index contributed by atoms with van der Waals surface area (Å²) in [5.74, 6) is 0.488. The molecule has 0 atom stereocenters. The van der Waals surface area contributed by atoms with E-state index in [0.717, 1.165) is 0 Å². The van der Waals surface area contributed by atoms with Gasteiger partial charge in [-0.05, 0) is 35.5 Å². The molecule has 25 heavy (non-hydrogen) atoms. The van der Waals surface area contributed by atoms with Crippen LogP contribution in [-0.4, -0.2) is 20.6 Å². The minimum Gasteiger partial charge on any atom is -0.456 e. The van der Waals surface area contributed by atoms with Gasteiger partial charge in [0.25, 0.3) is 0 Å². The van der Waals surface area contributed by atoms with Gasteiger partial charge in [0, 0.05) is 18.0 Å². The summed E-state index contributed by atoms with van der Waals surface area (Å²) >= 11 is 6.18. The summed E-state index contributed by atoms with van der Waals surface area (Å²) in [5.41, 5.74) is 0.817. The van der Waals surface area contributed by atoms with Gasteiger partial charge in [-0.2, -0.15) is 10.5 Å². The van der Waals surface area contributed by atoms with Crippen molar-refractivity contribution in [1.82, 2.24) is 20.6 Å². The molecule has 9 heteroatoms. The number of halogens is 2. The van der Waals surface area contributed by atoms with E-state index in [1.807, 2.05) is 6.07 Å². The molecular formula is C16H10ClFN6O. The average Bonchev–Trinajstić information content (AvgIpc) is 3.12. The van der Waals surface area contributed by atoms with Gasteiger partial charge in [-0.25, -0.2) is 4.39 Å². The van der Waals surface area contributed by atoms with Gasteiger partial charge in [0.2, 0.25) is 5.82 Å². The van der Waals surface area contributed by atoms with Crippen molar-refractivity contribution in [2.75, 3.05) is 5.32 Å². The van der Waals surface area contributed by atoms with Crippen LogP contribution in [0.2, 0.25) is 5.02 Å². The average molecular weight is 357 g/mol. The fourth-order valence-corrected chi connectivity index (χ4v) is 2.13. The van der Waals surface area contributed by atoms with Crippen LogP contribution in [-0.2, 0) is 0 Å². The first-order chi connectivity index (χ1) is 12.2. The first-order valence-corrected chi connectivity index (χ1v) is 7.37. The van der Waals surface area contributed by atoms with E-state index in [2.05, 4.69) is 25.9 Å². The van der Waals surface area contributed by atoms with Crippen molar-refractivity contribution < 1.29 is 9.13 Å². The van der Waals surface area contributed by atoms with Gasteiger partial charge in [-0.1, -0.05) is 17.7 Å². The molecule has 0 unspecified atom stereocenters. The second-order valence-corrected chi connectivity index (χ2v) is 5.16. The summed E-state index contributed by atoms with van der Waals surface area (Å²) in [4.78, 5) is 0. The van der Waals surface area contributed by atoms with Crippen molar-refractivity contribution >= 4 is 22.9 Å². The first-order valence-electron chi connectivity index (χ1n) is 6.99. The van der Waals surface area contributed by atoms with Gasteiger partial charge in [0.1, 0.15) is 29.0 Å². The number of nitrogens with one attached hydrogen (secondary N) is 2. The van der Waals surface area contributed by atoms with Crippen molar-refractivity contribution in [2.45, 2.75) is 0 Å². The summed E-state index contributed by atoms with van der Waals surface area (Å²) in [6.45, 7) is 0. The highest BCUT2D eigenvalue weighted by Crippen LogP contribution is 2.32. The van der Waals surface area contributed by atoms with Crippen LogP contribution in [0.25, 0.3) is 5.57 Å². The first kappa shape index (κ1) is 16.4. The van der Waals surface area contributed by atoms with Crippen molar-refractivity contribution in [1.29, 1.82) is 5.26 Å². The van der Waals surface area contributed by atoms with E-state index < -0.39 is 5.82 Å². The Labute approximate surface area is 146 Å². The van der Waals surface area contributed by atoms with Gasteiger partial charge in [-0.15, -0.1) is 10.2 Å². The van der Waals surface area contributed by atoms with Gasteiger partial charge >= 0.3 is 0 Å². The Balaban J connectivity index is 1.75. The molecule has 0 saturated carbocycles. The largest absolute Gasteiger partial charge is 0.456 e. The lowest BCUT2D eigenvalue weighted by atomic mass is 10.2. The van der Waals surface area contributed by atoms with E-state index in [9.17, 15) is 4.39 Å². The van der Waals surface area contributed by atoms with Crippen molar-refractivity contribution in [3.05, 3.63) is 65.3 Å². The van der Waals surface area contributed by atoms with E-state index in [0.29, 0.717) is 22.2 Å². The molecule has 0 aliphatic rings. The van der Waals surface area contributed by atoms with Gasteiger partial charge in [0.15, 0.2) is 0 Å². The maximum Gasteiger partial charge on any atom is 0.216 e. The number of benzene rings is 2. The molecule has 0 fully saturated rings. The molecule has 0 aliphatic carbocycles. The number of aromatic amines is 1. The highest BCUT2D eigenvalue weighted by atomic mass is 35.5. The minimum absolute atomic E-state index is 0.173. The minimum atomic E-state index is -0.400. The molecule has 2 N–H and O–H groups in total. The Morgan fingerprint density at radius 1 is 1.32 bits per heavy atom. The molecule has 0 saturated heterocycles. The molecule has 3 rings (SSSR count). The number of nitriles is 1. The number of H-pyrrole nitrogens is 1. The molecule has 7 nitrogen and oxygen atoms in total. The van der Waals surface area contributed by atoms with Crippen LogP contribution in [0.3, 0.4) is 0 Å². The Morgan fingerprint density at radius 3 is 2.88 bits per heavy atom. The molecule has 0 bridgehead atoms. The van der Waals surface area contributed by atoms with Crippen LogP contribution in [0.5, 0.6) is 11.5 Å². The van der Waals surface area contributed by atoms with Crippen LogP contribution >= 0.6 is 11.6 Å². The second-order valence-electron chi connectivity index (χ2n) is 4.75. The number of ether oxygens (including phenoxy) is 1. The van der Waals surface area contributed by atoms with Crippen LogP contribution in [0.15, 0.2) is 48.7 Å². The molecule has 1 aromatic heterocycles. The molecule has 3 aromatic rings. The van der Waals surface area contributed by atoms with Crippen LogP contribution in [0.1, 0.15) is 5.82 Å². The molecule has 0 radical (unpaired) electrons. The molecule has 0 spiro atoms. The number of hydrogen-bond donors (Lipinski definition) is 2. The fourth-order valence-electron chi connectivity index (χ4n) is 1.91. The highest BCUT2D eigenvalue weighted by molar-refractivity contribution is 6.32. The van der Waals surface area contributed by atoms with E-state index in [4.69, 9.17) is 21.6 Å². The van der Waals surface area contributed by atoms with Crippen LogP contribution < -0.4 is 10.1 Å². The number of aromatic nitrogens is 4. The number of anilines is 1. The summed E-state index contributed by atoms with van der Waals surface area (Å²) in [6.07, 6.45) is 1.43. The second kappa shape index (κ2) is 7.42.